The van der Waals surface area contributed by atoms with Crippen LogP contribution in [0.4, 0.5) is 0 Å². The van der Waals surface area contributed by atoms with Crippen molar-refractivity contribution in [1.82, 2.24) is 15.3 Å². The second kappa shape index (κ2) is 7.29. The van der Waals surface area contributed by atoms with Gasteiger partial charge in [-0.3, -0.25) is 14.8 Å². The molecule has 1 N–H and O–H groups in total. The van der Waals surface area contributed by atoms with E-state index in [0.29, 0.717) is 17.9 Å². The van der Waals surface area contributed by atoms with Gasteiger partial charge in [-0.25, -0.2) is 0 Å². The topological polar surface area (TPSA) is 77.2 Å². The Hall–Kier alpha value is -3.67. The van der Waals surface area contributed by atoms with Gasteiger partial charge in [0.05, 0.1) is 12.8 Å². The third kappa shape index (κ3) is 3.37. The molecule has 4 aromatic rings. The lowest BCUT2D eigenvalue weighted by atomic mass is 10.1. The van der Waals surface area contributed by atoms with Gasteiger partial charge in [0, 0.05) is 36.1 Å². The quantitative estimate of drug-likeness (QED) is 0.586. The van der Waals surface area contributed by atoms with Crippen molar-refractivity contribution in [3.63, 3.8) is 0 Å². The lowest BCUT2D eigenvalue weighted by Crippen LogP contribution is -2.22. The molecule has 0 radical (unpaired) electrons. The zero-order valence-corrected chi connectivity index (χ0v) is 14.7. The lowest BCUT2D eigenvalue weighted by Gasteiger charge is -2.09. The zero-order valence-electron chi connectivity index (χ0n) is 14.7. The summed E-state index contributed by atoms with van der Waals surface area (Å²) in [6.45, 7) is 0.324. The number of pyridine rings is 2. The highest BCUT2D eigenvalue weighted by Gasteiger charge is 2.15. The highest BCUT2D eigenvalue weighted by atomic mass is 16.5. The van der Waals surface area contributed by atoms with Gasteiger partial charge in [-0.2, -0.15) is 0 Å². The number of nitrogens with zero attached hydrogens (tertiary/aromatic N) is 2. The highest BCUT2D eigenvalue weighted by molar-refractivity contribution is 5.97. The highest BCUT2D eigenvalue weighted by Crippen LogP contribution is 2.28. The largest absolute Gasteiger partial charge is 0.493 e. The van der Waals surface area contributed by atoms with E-state index in [1.165, 1.54) is 0 Å². The van der Waals surface area contributed by atoms with Crippen molar-refractivity contribution < 1.29 is 13.9 Å². The predicted octanol–water partition coefficient (Wildman–Crippen LogP) is 3.83. The normalized spacial score (nSPS) is 10.7. The summed E-state index contributed by atoms with van der Waals surface area (Å²) in [4.78, 5) is 21.1. The Labute approximate surface area is 155 Å². The molecule has 0 saturated carbocycles. The number of furan rings is 1. The van der Waals surface area contributed by atoms with Gasteiger partial charge in [0.15, 0.2) is 17.1 Å². The van der Waals surface area contributed by atoms with Crippen molar-refractivity contribution in [3.05, 3.63) is 78.4 Å². The van der Waals surface area contributed by atoms with Crippen LogP contribution in [0.3, 0.4) is 0 Å². The number of carbonyl (C=O) groups excluding carboxylic acids is 1. The third-order valence-corrected chi connectivity index (χ3v) is 4.22. The molecule has 0 unspecified atom stereocenters. The lowest BCUT2D eigenvalue weighted by molar-refractivity contribution is 0.0925. The molecule has 4 rings (SSSR count). The summed E-state index contributed by atoms with van der Waals surface area (Å²) in [5.74, 6) is 0.535. The number of rotatable bonds is 5. The smallest absolute Gasteiger partial charge is 0.287 e. The third-order valence-electron chi connectivity index (χ3n) is 4.22. The Balaban J connectivity index is 1.55. The van der Waals surface area contributed by atoms with Crippen molar-refractivity contribution in [2.24, 2.45) is 0 Å². The molecule has 1 aromatic carbocycles. The molecule has 3 heterocycles. The van der Waals surface area contributed by atoms with E-state index in [0.717, 1.165) is 22.2 Å². The van der Waals surface area contributed by atoms with E-state index in [9.17, 15) is 4.79 Å². The first-order valence-electron chi connectivity index (χ1n) is 8.45. The molecule has 0 aliphatic carbocycles. The average Bonchev–Trinajstić information content (AvgIpc) is 3.17. The minimum Gasteiger partial charge on any atom is -0.493 e. The molecule has 0 bridgehead atoms. The maximum absolute atomic E-state index is 12.6. The molecule has 0 aliphatic rings. The Kier molecular flexibility index (Phi) is 4.53. The van der Waals surface area contributed by atoms with Gasteiger partial charge in [-0.05, 0) is 35.9 Å². The van der Waals surface area contributed by atoms with Crippen molar-refractivity contribution in [3.8, 4) is 17.0 Å². The number of hydrogen-bond donors (Lipinski definition) is 1. The van der Waals surface area contributed by atoms with Crippen LogP contribution in [0.25, 0.3) is 22.2 Å². The van der Waals surface area contributed by atoms with Crippen LogP contribution in [0.5, 0.6) is 5.75 Å². The molecule has 1 amide bonds. The summed E-state index contributed by atoms with van der Waals surface area (Å²) in [7, 11) is 1.57. The molecule has 27 heavy (non-hydrogen) atoms. The van der Waals surface area contributed by atoms with E-state index in [-0.39, 0.29) is 11.7 Å². The predicted molar refractivity (Wildman–Crippen MR) is 101 cm³/mol. The van der Waals surface area contributed by atoms with Crippen LogP contribution in [0.2, 0.25) is 0 Å². The van der Waals surface area contributed by atoms with Crippen LogP contribution in [-0.4, -0.2) is 23.0 Å². The maximum atomic E-state index is 12.6. The van der Waals surface area contributed by atoms with Crippen LogP contribution in [-0.2, 0) is 6.54 Å². The summed E-state index contributed by atoms with van der Waals surface area (Å²) >= 11 is 0. The Bertz CT molecular complexity index is 1090. The summed E-state index contributed by atoms with van der Waals surface area (Å²) < 4.78 is 11.0. The van der Waals surface area contributed by atoms with Crippen molar-refractivity contribution in [2.75, 3.05) is 7.11 Å². The summed E-state index contributed by atoms with van der Waals surface area (Å²) in [6.07, 6.45) is 5.18. The molecule has 0 fully saturated rings. The van der Waals surface area contributed by atoms with Crippen LogP contribution in [0, 0.1) is 0 Å². The first kappa shape index (κ1) is 16.8. The van der Waals surface area contributed by atoms with E-state index in [4.69, 9.17) is 9.15 Å². The number of benzene rings is 1. The van der Waals surface area contributed by atoms with Crippen LogP contribution in [0.1, 0.15) is 16.1 Å². The molecular formula is C21H17N3O3. The number of carbonyl (C=O) groups is 1. The van der Waals surface area contributed by atoms with Crippen molar-refractivity contribution in [2.45, 2.75) is 6.54 Å². The van der Waals surface area contributed by atoms with Gasteiger partial charge in [0.1, 0.15) is 0 Å². The number of nitrogens with one attached hydrogen (secondary N) is 1. The van der Waals surface area contributed by atoms with Gasteiger partial charge in [-0.15, -0.1) is 0 Å². The molecule has 134 valence electrons. The minimum absolute atomic E-state index is 0.237. The molecule has 0 atom stereocenters. The van der Waals surface area contributed by atoms with Gasteiger partial charge < -0.3 is 14.5 Å². The summed E-state index contributed by atoms with van der Waals surface area (Å²) in [5.41, 5.74) is 3.14. The van der Waals surface area contributed by atoms with E-state index >= 15 is 0 Å². The number of aromatic nitrogens is 2. The molecule has 6 nitrogen and oxygen atoms in total. The van der Waals surface area contributed by atoms with E-state index in [1.54, 1.807) is 37.8 Å². The molecule has 6 heteroatoms. The Morgan fingerprint density at radius 1 is 1.15 bits per heavy atom. The summed E-state index contributed by atoms with van der Waals surface area (Å²) in [6, 6.07) is 14.8. The fourth-order valence-corrected chi connectivity index (χ4v) is 2.92. The number of fused-ring (bicyclic) bond motifs is 1. The van der Waals surface area contributed by atoms with Crippen LogP contribution >= 0.6 is 0 Å². The zero-order chi connectivity index (χ0) is 18.6. The molecular weight excluding hydrogens is 342 g/mol. The van der Waals surface area contributed by atoms with Gasteiger partial charge >= 0.3 is 0 Å². The minimum atomic E-state index is -0.297. The monoisotopic (exact) mass is 359 g/mol. The molecule has 3 aromatic heterocycles. The standard InChI is InChI=1S/C21H17N3O3/c1-26-17-8-2-5-14-11-18(27-20(14)17)21(25)24-13-16-7-4-10-23-19(16)15-6-3-9-22-12-15/h2-12H,13H2,1H3,(H,24,25). The van der Waals surface area contributed by atoms with Gasteiger partial charge in [-0.1, -0.05) is 18.2 Å². The molecule has 0 spiro atoms. The van der Waals surface area contributed by atoms with Crippen LogP contribution in [0.15, 0.2) is 71.5 Å². The SMILES string of the molecule is COc1cccc2cc(C(=O)NCc3cccnc3-c3cccnc3)oc12. The number of amides is 1. The van der Waals surface area contributed by atoms with Crippen LogP contribution < -0.4 is 10.1 Å². The van der Waals surface area contributed by atoms with E-state index < -0.39 is 0 Å². The first-order chi connectivity index (χ1) is 13.3. The number of ether oxygens (including phenoxy) is 1. The van der Waals surface area contributed by atoms with Crippen molar-refractivity contribution >= 4 is 16.9 Å². The summed E-state index contributed by atoms with van der Waals surface area (Å²) in [5, 5.41) is 3.71. The molecule has 0 aliphatic heterocycles. The number of para-hydroxylation sites is 1. The first-order valence-corrected chi connectivity index (χ1v) is 8.45. The number of hydrogen-bond acceptors (Lipinski definition) is 5. The van der Waals surface area contributed by atoms with Gasteiger partial charge in [0.2, 0.25) is 0 Å². The Morgan fingerprint density at radius 2 is 2.04 bits per heavy atom. The van der Waals surface area contributed by atoms with Crippen molar-refractivity contribution in [1.29, 1.82) is 0 Å². The second-order valence-electron chi connectivity index (χ2n) is 5.92. The number of methoxy groups -OCH3 is 1. The fraction of sp³-hybridized carbons (Fsp3) is 0.0952. The average molecular weight is 359 g/mol. The Morgan fingerprint density at radius 3 is 2.85 bits per heavy atom. The second-order valence-corrected chi connectivity index (χ2v) is 5.92. The maximum Gasteiger partial charge on any atom is 0.287 e. The van der Waals surface area contributed by atoms with Gasteiger partial charge in [0.25, 0.3) is 5.91 Å². The molecule has 0 saturated heterocycles. The fourth-order valence-electron chi connectivity index (χ4n) is 2.92. The van der Waals surface area contributed by atoms with E-state index in [1.807, 2.05) is 36.4 Å². The van der Waals surface area contributed by atoms with E-state index in [2.05, 4.69) is 15.3 Å².